The molecule has 0 radical (unpaired) electrons. The molecule has 0 aromatic heterocycles. The van der Waals surface area contributed by atoms with Crippen molar-refractivity contribution in [2.45, 2.75) is 43.5 Å². The Morgan fingerprint density at radius 3 is 2.57 bits per heavy atom. The summed E-state index contributed by atoms with van der Waals surface area (Å²) < 4.78 is 0. The number of hydrogen-bond acceptors (Lipinski definition) is 3. The van der Waals surface area contributed by atoms with E-state index in [1.165, 1.54) is 0 Å². The summed E-state index contributed by atoms with van der Waals surface area (Å²) in [6.45, 7) is 2.87. The van der Waals surface area contributed by atoms with Gasteiger partial charge in [-0.2, -0.15) is 0 Å². The molecule has 3 rings (SSSR count). The molecule has 1 aliphatic carbocycles. The molecule has 1 aromatic rings. The average Bonchev–Trinajstić information content (AvgIpc) is 3.08. The van der Waals surface area contributed by atoms with Gasteiger partial charge >= 0.3 is 0 Å². The van der Waals surface area contributed by atoms with Crippen molar-refractivity contribution in [1.29, 1.82) is 0 Å². The van der Waals surface area contributed by atoms with Crippen molar-refractivity contribution in [3.8, 4) is 0 Å². The van der Waals surface area contributed by atoms with Crippen LogP contribution in [-0.2, 0) is 9.59 Å². The number of hydrogen-bond donors (Lipinski definition) is 0. The maximum atomic E-state index is 12.7. The van der Waals surface area contributed by atoms with Crippen molar-refractivity contribution in [2.24, 2.45) is 5.92 Å². The molecule has 0 spiro atoms. The molecule has 2 aliphatic rings. The van der Waals surface area contributed by atoms with Crippen LogP contribution in [0.25, 0.3) is 0 Å². The number of amides is 2. The molecule has 4 nitrogen and oxygen atoms in total. The van der Waals surface area contributed by atoms with Crippen LogP contribution in [0, 0.1) is 5.92 Å². The summed E-state index contributed by atoms with van der Waals surface area (Å²) in [7, 11) is 0. The number of para-hydroxylation sites is 1. The van der Waals surface area contributed by atoms with Gasteiger partial charge in [-0.25, -0.2) is 0 Å². The maximum Gasteiger partial charge on any atom is 0.246 e. The number of carbonyl (C=O) groups is 2. The first-order valence-electron chi connectivity index (χ1n) is 8.35. The Morgan fingerprint density at radius 1 is 1.22 bits per heavy atom. The van der Waals surface area contributed by atoms with Gasteiger partial charge in [0.15, 0.2) is 0 Å². The average molecular weight is 332 g/mol. The number of nitrogens with zero attached hydrogens (tertiary/aromatic N) is 2. The third kappa shape index (κ3) is 3.25. The number of carbonyl (C=O) groups excluding carboxylic acids is 2. The standard InChI is InChI=1S/C18H24N2O2S/c1-13-11-19(18(22)14-7-3-4-8-14)12-17(21)20(13)15-9-5-6-10-16(15)23-2/h5-6,9-10,13-14H,3-4,7-8,11-12H2,1-2H3/t13-/m0/s1. The molecular formula is C18H24N2O2S. The lowest BCUT2D eigenvalue weighted by atomic mass is 10.0. The highest BCUT2D eigenvalue weighted by molar-refractivity contribution is 7.98. The molecule has 2 amide bonds. The lowest BCUT2D eigenvalue weighted by molar-refractivity contribution is -0.141. The Labute approximate surface area is 142 Å². The largest absolute Gasteiger partial charge is 0.331 e. The smallest absolute Gasteiger partial charge is 0.246 e. The van der Waals surface area contributed by atoms with Gasteiger partial charge in [-0.05, 0) is 38.2 Å². The van der Waals surface area contributed by atoms with Gasteiger partial charge < -0.3 is 9.80 Å². The maximum absolute atomic E-state index is 12.7. The molecule has 2 fully saturated rings. The van der Waals surface area contributed by atoms with Crippen LogP contribution in [0.4, 0.5) is 5.69 Å². The Kier molecular flexibility index (Phi) is 4.95. The van der Waals surface area contributed by atoms with E-state index in [-0.39, 0.29) is 30.3 Å². The zero-order chi connectivity index (χ0) is 16.4. The van der Waals surface area contributed by atoms with Crippen molar-refractivity contribution < 1.29 is 9.59 Å². The van der Waals surface area contributed by atoms with Gasteiger partial charge in [0.2, 0.25) is 11.8 Å². The van der Waals surface area contributed by atoms with Gasteiger partial charge in [0.05, 0.1) is 11.7 Å². The molecule has 1 atom stereocenters. The van der Waals surface area contributed by atoms with Gasteiger partial charge in [-0.15, -0.1) is 11.8 Å². The summed E-state index contributed by atoms with van der Waals surface area (Å²) in [4.78, 5) is 30.1. The topological polar surface area (TPSA) is 40.6 Å². The molecule has 1 aromatic carbocycles. The zero-order valence-corrected chi connectivity index (χ0v) is 14.6. The summed E-state index contributed by atoms with van der Waals surface area (Å²) in [6.07, 6.45) is 6.27. The van der Waals surface area contributed by atoms with E-state index >= 15 is 0 Å². The molecule has 0 N–H and O–H groups in total. The number of thioether (sulfide) groups is 1. The summed E-state index contributed by atoms with van der Waals surface area (Å²) in [6, 6.07) is 8.00. The number of piperazine rings is 1. The van der Waals surface area contributed by atoms with E-state index in [0.717, 1.165) is 36.3 Å². The van der Waals surface area contributed by atoms with E-state index in [2.05, 4.69) is 0 Å². The Hall–Kier alpha value is -1.49. The zero-order valence-electron chi connectivity index (χ0n) is 13.8. The summed E-state index contributed by atoms with van der Waals surface area (Å²) >= 11 is 1.65. The minimum Gasteiger partial charge on any atom is -0.331 e. The fourth-order valence-electron chi connectivity index (χ4n) is 3.75. The van der Waals surface area contributed by atoms with E-state index < -0.39 is 0 Å². The van der Waals surface area contributed by atoms with Crippen LogP contribution >= 0.6 is 11.8 Å². The molecule has 1 saturated carbocycles. The van der Waals surface area contributed by atoms with Crippen molar-refractivity contribution in [3.05, 3.63) is 24.3 Å². The lowest BCUT2D eigenvalue weighted by Gasteiger charge is -2.40. The van der Waals surface area contributed by atoms with Crippen molar-refractivity contribution in [1.82, 2.24) is 4.90 Å². The predicted octanol–water partition coefficient (Wildman–Crippen LogP) is 3.16. The highest BCUT2D eigenvalue weighted by Gasteiger charge is 2.36. The molecule has 1 heterocycles. The Balaban J connectivity index is 1.77. The highest BCUT2D eigenvalue weighted by Crippen LogP contribution is 2.32. The molecule has 5 heteroatoms. The third-order valence-electron chi connectivity index (χ3n) is 4.88. The van der Waals surface area contributed by atoms with E-state index in [1.54, 1.807) is 16.7 Å². The van der Waals surface area contributed by atoms with Gasteiger partial charge in [-0.3, -0.25) is 9.59 Å². The number of benzene rings is 1. The van der Waals surface area contributed by atoms with Crippen molar-refractivity contribution in [2.75, 3.05) is 24.2 Å². The summed E-state index contributed by atoms with van der Waals surface area (Å²) in [5.74, 6) is 0.345. The van der Waals surface area contributed by atoms with E-state index in [1.807, 2.05) is 42.3 Å². The van der Waals surface area contributed by atoms with Crippen molar-refractivity contribution in [3.63, 3.8) is 0 Å². The molecule has 23 heavy (non-hydrogen) atoms. The molecule has 124 valence electrons. The second-order valence-electron chi connectivity index (χ2n) is 6.48. The van der Waals surface area contributed by atoms with Gasteiger partial charge in [0, 0.05) is 17.4 Å². The Bertz CT molecular complexity index is 598. The second kappa shape index (κ2) is 6.95. The number of rotatable bonds is 3. The minimum atomic E-state index is 0.00917. The molecule has 1 saturated heterocycles. The first-order valence-corrected chi connectivity index (χ1v) is 9.58. The van der Waals surface area contributed by atoms with Crippen LogP contribution in [-0.4, -0.2) is 42.1 Å². The summed E-state index contributed by atoms with van der Waals surface area (Å²) in [5, 5.41) is 0. The second-order valence-corrected chi connectivity index (χ2v) is 7.33. The first kappa shape index (κ1) is 16.4. The van der Waals surface area contributed by atoms with Crippen LogP contribution in [0.15, 0.2) is 29.2 Å². The van der Waals surface area contributed by atoms with Gasteiger partial charge in [-0.1, -0.05) is 25.0 Å². The first-order chi connectivity index (χ1) is 11.1. The highest BCUT2D eigenvalue weighted by atomic mass is 32.2. The normalized spacial score (nSPS) is 22.7. The fraction of sp³-hybridized carbons (Fsp3) is 0.556. The number of anilines is 1. The van der Waals surface area contributed by atoms with Gasteiger partial charge in [0.1, 0.15) is 6.54 Å². The monoisotopic (exact) mass is 332 g/mol. The molecule has 0 bridgehead atoms. The molecular weight excluding hydrogens is 308 g/mol. The molecule has 0 unspecified atom stereocenters. The van der Waals surface area contributed by atoms with Crippen LogP contribution < -0.4 is 4.90 Å². The van der Waals surface area contributed by atoms with E-state index in [0.29, 0.717) is 6.54 Å². The minimum absolute atomic E-state index is 0.00917. The summed E-state index contributed by atoms with van der Waals surface area (Å²) in [5.41, 5.74) is 0.963. The fourth-order valence-corrected chi connectivity index (χ4v) is 4.34. The van der Waals surface area contributed by atoms with Crippen molar-refractivity contribution >= 4 is 29.3 Å². The van der Waals surface area contributed by atoms with Crippen LogP contribution in [0.2, 0.25) is 0 Å². The Morgan fingerprint density at radius 2 is 1.91 bits per heavy atom. The van der Waals surface area contributed by atoms with Gasteiger partial charge in [0.25, 0.3) is 0 Å². The quantitative estimate of drug-likeness (QED) is 0.798. The predicted molar refractivity (Wildman–Crippen MR) is 93.7 cm³/mol. The third-order valence-corrected chi connectivity index (χ3v) is 5.67. The molecule has 1 aliphatic heterocycles. The lowest BCUT2D eigenvalue weighted by Crippen LogP contribution is -2.58. The van der Waals surface area contributed by atoms with E-state index in [9.17, 15) is 9.59 Å². The SMILES string of the molecule is CSc1ccccc1N1C(=O)CN(C(=O)C2CCCC2)C[C@@H]1C. The van der Waals surface area contributed by atoms with Crippen LogP contribution in [0.1, 0.15) is 32.6 Å². The van der Waals surface area contributed by atoms with E-state index in [4.69, 9.17) is 0 Å². The van der Waals surface area contributed by atoms with Crippen LogP contribution in [0.3, 0.4) is 0 Å². The van der Waals surface area contributed by atoms with Crippen LogP contribution in [0.5, 0.6) is 0 Å².